The monoisotopic (exact) mass is 263 g/mol. The zero-order chi connectivity index (χ0) is 13.0. The molecule has 1 aromatic carbocycles. The molecule has 5 nitrogen and oxygen atoms in total. The van der Waals surface area contributed by atoms with Gasteiger partial charge in [0.2, 0.25) is 5.88 Å². The highest BCUT2D eigenvalue weighted by atomic mass is 32.2. The van der Waals surface area contributed by atoms with Crippen LogP contribution < -0.4 is 9.46 Å². The Morgan fingerprint density at radius 3 is 2.33 bits per heavy atom. The SMILES string of the molecule is COc1ccc(-c2ccc(NS(=O)[O-])cc2)cn1. The molecule has 1 N–H and O–H groups in total. The summed E-state index contributed by atoms with van der Waals surface area (Å²) in [6.07, 6.45) is 1.70. The lowest BCUT2D eigenvalue weighted by atomic mass is 10.1. The van der Waals surface area contributed by atoms with E-state index in [1.165, 1.54) is 0 Å². The lowest BCUT2D eigenvalue weighted by molar-refractivity contribution is 0.398. The highest BCUT2D eigenvalue weighted by Crippen LogP contribution is 2.22. The third kappa shape index (κ3) is 3.06. The van der Waals surface area contributed by atoms with Gasteiger partial charge in [-0.05, 0) is 23.8 Å². The molecule has 1 heterocycles. The number of nitrogens with one attached hydrogen (secondary N) is 1. The Morgan fingerprint density at radius 1 is 1.17 bits per heavy atom. The second-order valence-corrected chi connectivity index (χ2v) is 4.18. The van der Waals surface area contributed by atoms with Gasteiger partial charge in [-0.25, -0.2) is 4.98 Å². The van der Waals surface area contributed by atoms with Crippen LogP contribution >= 0.6 is 0 Å². The minimum absolute atomic E-state index is 0.522. The zero-order valence-corrected chi connectivity index (χ0v) is 10.4. The topological polar surface area (TPSA) is 74.3 Å². The summed E-state index contributed by atoms with van der Waals surface area (Å²) in [5.74, 6) is 0.554. The maximum absolute atomic E-state index is 10.5. The van der Waals surface area contributed by atoms with E-state index in [9.17, 15) is 8.76 Å². The maximum atomic E-state index is 10.5. The van der Waals surface area contributed by atoms with Crippen LogP contribution in [0, 0.1) is 0 Å². The number of anilines is 1. The molecule has 0 saturated heterocycles. The van der Waals surface area contributed by atoms with Gasteiger partial charge in [-0.2, -0.15) is 0 Å². The Hall–Kier alpha value is -1.92. The Morgan fingerprint density at radius 2 is 1.83 bits per heavy atom. The number of benzene rings is 1. The van der Waals surface area contributed by atoms with Crippen molar-refractivity contribution in [2.45, 2.75) is 0 Å². The van der Waals surface area contributed by atoms with E-state index in [0.717, 1.165) is 11.1 Å². The molecule has 94 valence electrons. The number of rotatable bonds is 4. The van der Waals surface area contributed by atoms with E-state index in [1.54, 1.807) is 31.5 Å². The largest absolute Gasteiger partial charge is 0.755 e. The van der Waals surface area contributed by atoms with Crippen LogP contribution in [-0.4, -0.2) is 20.9 Å². The van der Waals surface area contributed by atoms with Crippen LogP contribution in [0.4, 0.5) is 5.69 Å². The molecule has 0 aliphatic carbocycles. The molecule has 0 bridgehead atoms. The summed E-state index contributed by atoms with van der Waals surface area (Å²) in [5, 5.41) is 0. The van der Waals surface area contributed by atoms with Crippen molar-refractivity contribution in [3.8, 4) is 17.0 Å². The van der Waals surface area contributed by atoms with Gasteiger partial charge in [-0.15, -0.1) is 0 Å². The molecule has 0 spiro atoms. The predicted molar refractivity (Wildman–Crippen MR) is 68.8 cm³/mol. The molecule has 0 aliphatic heterocycles. The molecule has 0 fully saturated rings. The maximum Gasteiger partial charge on any atom is 0.212 e. The van der Waals surface area contributed by atoms with Crippen LogP contribution in [0.2, 0.25) is 0 Å². The van der Waals surface area contributed by atoms with E-state index in [0.29, 0.717) is 11.6 Å². The molecule has 1 atom stereocenters. The van der Waals surface area contributed by atoms with E-state index in [4.69, 9.17) is 4.74 Å². The summed E-state index contributed by atoms with van der Waals surface area (Å²) in [6.45, 7) is 0. The summed E-state index contributed by atoms with van der Waals surface area (Å²) < 4.78 is 28.2. The van der Waals surface area contributed by atoms with Gasteiger partial charge in [-0.1, -0.05) is 12.1 Å². The number of nitrogens with zero attached hydrogens (tertiary/aromatic N) is 1. The van der Waals surface area contributed by atoms with Crippen molar-refractivity contribution < 1.29 is 13.5 Å². The van der Waals surface area contributed by atoms with Crippen molar-refractivity contribution in [1.29, 1.82) is 0 Å². The number of hydrogen-bond acceptors (Lipinski definition) is 4. The molecule has 0 amide bonds. The first-order valence-corrected chi connectivity index (χ1v) is 6.23. The van der Waals surface area contributed by atoms with Gasteiger partial charge >= 0.3 is 0 Å². The summed E-state index contributed by atoms with van der Waals surface area (Å²) >= 11 is -2.30. The fourth-order valence-electron chi connectivity index (χ4n) is 1.50. The van der Waals surface area contributed by atoms with Crippen molar-refractivity contribution in [2.24, 2.45) is 0 Å². The Balaban J connectivity index is 2.20. The number of pyridine rings is 1. The number of ether oxygens (including phenoxy) is 1. The lowest BCUT2D eigenvalue weighted by Gasteiger charge is -2.09. The second kappa shape index (κ2) is 5.61. The molecule has 1 unspecified atom stereocenters. The summed E-state index contributed by atoms with van der Waals surface area (Å²) in [6, 6.07) is 10.7. The van der Waals surface area contributed by atoms with Gasteiger partial charge in [0.25, 0.3) is 0 Å². The summed E-state index contributed by atoms with van der Waals surface area (Å²) in [7, 11) is 1.56. The van der Waals surface area contributed by atoms with Crippen molar-refractivity contribution in [1.82, 2.24) is 4.98 Å². The third-order valence-corrected chi connectivity index (χ3v) is 2.77. The minimum atomic E-state index is -2.30. The molecule has 2 rings (SSSR count). The zero-order valence-electron chi connectivity index (χ0n) is 9.62. The number of aromatic nitrogens is 1. The van der Waals surface area contributed by atoms with Crippen molar-refractivity contribution in [3.63, 3.8) is 0 Å². The van der Waals surface area contributed by atoms with E-state index < -0.39 is 11.3 Å². The van der Waals surface area contributed by atoms with Gasteiger partial charge in [0.1, 0.15) is 0 Å². The molecule has 2 aromatic rings. The van der Waals surface area contributed by atoms with Gasteiger partial charge in [0.05, 0.1) is 7.11 Å². The van der Waals surface area contributed by atoms with Gasteiger partial charge in [-0.3, -0.25) is 4.21 Å². The number of methoxy groups -OCH3 is 1. The van der Waals surface area contributed by atoms with Crippen molar-refractivity contribution >= 4 is 17.0 Å². The smallest absolute Gasteiger partial charge is 0.212 e. The van der Waals surface area contributed by atoms with Crippen LogP contribution in [0.1, 0.15) is 0 Å². The second-order valence-electron chi connectivity index (χ2n) is 3.50. The standard InChI is InChI=1S/C12H12N2O3S/c1-17-12-7-4-10(8-13-12)9-2-5-11(6-3-9)14-18(15)16/h2-8,14H,1H3,(H,15,16)/p-1. The van der Waals surface area contributed by atoms with E-state index in [2.05, 4.69) is 9.71 Å². The van der Waals surface area contributed by atoms with E-state index >= 15 is 0 Å². The van der Waals surface area contributed by atoms with E-state index in [1.807, 2.05) is 18.2 Å². The van der Waals surface area contributed by atoms with Crippen LogP contribution in [0.3, 0.4) is 0 Å². The first kappa shape index (κ1) is 12.5. The molecule has 18 heavy (non-hydrogen) atoms. The molecular weight excluding hydrogens is 252 g/mol. The molecule has 0 saturated carbocycles. The molecule has 0 radical (unpaired) electrons. The van der Waals surface area contributed by atoms with Crippen molar-refractivity contribution in [2.75, 3.05) is 11.8 Å². The van der Waals surface area contributed by atoms with Crippen LogP contribution in [0.5, 0.6) is 5.88 Å². The fraction of sp³-hybridized carbons (Fsp3) is 0.0833. The highest BCUT2D eigenvalue weighted by Gasteiger charge is 1.99. The Kier molecular flexibility index (Phi) is 3.91. The normalized spacial score (nSPS) is 11.9. The molecule has 6 heteroatoms. The molecule has 1 aromatic heterocycles. The summed E-state index contributed by atoms with van der Waals surface area (Å²) in [4.78, 5) is 4.11. The fourth-order valence-corrected chi connectivity index (χ4v) is 1.83. The third-order valence-electron chi connectivity index (χ3n) is 2.36. The van der Waals surface area contributed by atoms with Crippen LogP contribution in [0.25, 0.3) is 11.1 Å². The first-order valence-electron chi connectivity index (χ1n) is 5.15. The van der Waals surface area contributed by atoms with Gasteiger partial charge < -0.3 is 14.0 Å². The van der Waals surface area contributed by atoms with Gasteiger partial charge in [0.15, 0.2) is 0 Å². The lowest BCUT2D eigenvalue weighted by Crippen LogP contribution is -2.01. The quantitative estimate of drug-likeness (QED) is 0.856. The number of hydrogen-bond donors (Lipinski definition) is 1. The Labute approximate surface area is 107 Å². The first-order chi connectivity index (χ1) is 8.69. The van der Waals surface area contributed by atoms with Crippen LogP contribution in [-0.2, 0) is 11.3 Å². The minimum Gasteiger partial charge on any atom is -0.755 e. The Bertz CT molecular complexity index is 540. The average molecular weight is 263 g/mol. The predicted octanol–water partition coefficient (Wildman–Crippen LogP) is 1.96. The van der Waals surface area contributed by atoms with Crippen molar-refractivity contribution in [3.05, 3.63) is 42.6 Å². The summed E-state index contributed by atoms with van der Waals surface area (Å²) in [5.41, 5.74) is 2.41. The van der Waals surface area contributed by atoms with E-state index in [-0.39, 0.29) is 0 Å². The molecule has 0 aliphatic rings. The highest BCUT2D eigenvalue weighted by molar-refractivity contribution is 7.80. The van der Waals surface area contributed by atoms with Crippen LogP contribution in [0.15, 0.2) is 42.6 Å². The molecular formula is C12H11N2O3S-. The average Bonchev–Trinajstić information content (AvgIpc) is 2.39. The van der Waals surface area contributed by atoms with Gasteiger partial charge in [0, 0.05) is 34.8 Å².